The summed E-state index contributed by atoms with van der Waals surface area (Å²) < 4.78 is 37.2. The van der Waals surface area contributed by atoms with Crippen LogP contribution in [0.5, 0.6) is 0 Å². The van der Waals surface area contributed by atoms with E-state index in [2.05, 4.69) is 10.6 Å². The summed E-state index contributed by atoms with van der Waals surface area (Å²) >= 11 is 0. The molecule has 1 rings (SSSR count). The van der Waals surface area contributed by atoms with E-state index in [9.17, 15) is 27.6 Å². The van der Waals surface area contributed by atoms with Crippen molar-refractivity contribution in [2.75, 3.05) is 26.7 Å². The van der Waals surface area contributed by atoms with Gasteiger partial charge >= 0.3 is 12.2 Å². The average Bonchev–Trinajstić information content (AvgIpc) is 2.76. The van der Waals surface area contributed by atoms with E-state index in [0.29, 0.717) is 6.54 Å². The second kappa shape index (κ2) is 7.62. The Morgan fingerprint density at radius 1 is 1.43 bits per heavy atom. The second-order valence-electron chi connectivity index (χ2n) is 5.37. The maximum absolute atomic E-state index is 12.4. The van der Waals surface area contributed by atoms with Gasteiger partial charge in [-0.1, -0.05) is 0 Å². The molecular weight excluding hydrogens is 317 g/mol. The van der Waals surface area contributed by atoms with Gasteiger partial charge in [-0.3, -0.25) is 19.8 Å². The van der Waals surface area contributed by atoms with Gasteiger partial charge in [0.2, 0.25) is 11.8 Å². The molecule has 1 heterocycles. The highest BCUT2D eigenvalue weighted by molar-refractivity contribution is 5.97. The minimum absolute atomic E-state index is 0.0159. The van der Waals surface area contributed by atoms with E-state index in [0.717, 1.165) is 4.90 Å². The van der Waals surface area contributed by atoms with Gasteiger partial charge in [-0.2, -0.15) is 13.2 Å². The first-order valence-electron chi connectivity index (χ1n) is 7.23. The smallest absolute Gasteiger partial charge is 0.338 e. The van der Waals surface area contributed by atoms with Crippen molar-refractivity contribution in [3.05, 3.63) is 0 Å². The Morgan fingerprint density at radius 3 is 2.57 bits per heavy atom. The van der Waals surface area contributed by atoms with Gasteiger partial charge in [-0.15, -0.1) is 0 Å². The van der Waals surface area contributed by atoms with Gasteiger partial charge < -0.3 is 10.2 Å². The predicted octanol–water partition coefficient (Wildman–Crippen LogP) is 0.316. The zero-order chi connectivity index (χ0) is 17.8. The van der Waals surface area contributed by atoms with Crippen LogP contribution in [0.15, 0.2) is 0 Å². The first kappa shape index (κ1) is 19.2. The summed E-state index contributed by atoms with van der Waals surface area (Å²) in [6, 6.07) is -2.31. The molecule has 0 radical (unpaired) electrons. The molecule has 0 saturated carbocycles. The first-order chi connectivity index (χ1) is 10.6. The molecule has 0 spiro atoms. The molecule has 0 aliphatic carbocycles. The topological polar surface area (TPSA) is 81.8 Å². The van der Waals surface area contributed by atoms with E-state index in [1.807, 2.05) is 0 Å². The van der Waals surface area contributed by atoms with Crippen LogP contribution in [-0.2, 0) is 9.59 Å². The van der Waals surface area contributed by atoms with Crippen LogP contribution in [0.3, 0.4) is 0 Å². The van der Waals surface area contributed by atoms with Gasteiger partial charge in [0.25, 0.3) is 0 Å². The van der Waals surface area contributed by atoms with Gasteiger partial charge in [0.05, 0.1) is 12.1 Å². The monoisotopic (exact) mass is 338 g/mol. The number of rotatable bonds is 5. The molecule has 7 nitrogen and oxygen atoms in total. The Bertz CT molecular complexity index is 470. The number of likely N-dealkylation sites (N-methyl/N-ethyl adjacent to an activating group) is 1. The van der Waals surface area contributed by atoms with Gasteiger partial charge in [0.15, 0.2) is 0 Å². The van der Waals surface area contributed by atoms with Gasteiger partial charge in [0, 0.05) is 13.1 Å². The third kappa shape index (κ3) is 5.38. The Kier molecular flexibility index (Phi) is 6.37. The number of nitrogens with one attached hydrogen (secondary N) is 2. The van der Waals surface area contributed by atoms with Crippen molar-refractivity contribution in [2.24, 2.45) is 0 Å². The second-order valence-corrected chi connectivity index (χ2v) is 5.37. The van der Waals surface area contributed by atoms with E-state index in [1.54, 1.807) is 6.92 Å². The average molecular weight is 338 g/mol. The van der Waals surface area contributed by atoms with Gasteiger partial charge in [0.1, 0.15) is 6.54 Å². The Morgan fingerprint density at radius 2 is 2.04 bits per heavy atom. The normalized spacial score (nSPS) is 19.9. The van der Waals surface area contributed by atoms with Crippen molar-refractivity contribution in [2.45, 2.75) is 38.5 Å². The molecule has 1 fully saturated rings. The van der Waals surface area contributed by atoms with Gasteiger partial charge in [-0.25, -0.2) is 4.79 Å². The van der Waals surface area contributed by atoms with E-state index in [-0.39, 0.29) is 13.0 Å². The number of likely N-dealkylation sites (tertiary alicyclic amines) is 1. The molecule has 10 heteroatoms. The summed E-state index contributed by atoms with van der Waals surface area (Å²) in [6.45, 7) is 2.20. The van der Waals surface area contributed by atoms with Crippen molar-refractivity contribution < 1.29 is 27.6 Å². The molecule has 4 amide bonds. The minimum atomic E-state index is -4.45. The number of carbonyl (C=O) groups is 3. The van der Waals surface area contributed by atoms with Crippen molar-refractivity contribution >= 4 is 17.8 Å². The highest BCUT2D eigenvalue weighted by atomic mass is 19.4. The number of imide groups is 1. The standard InChI is InChI=1S/C13H21F3N4O3/c1-4-17-12(23)18-10(21)8(2)19(3)9-5-6-20(11(9)22)7-13(14,15)16/h8-9H,4-7H2,1-3H3,(H2,17,18,21,23)/t8-,9+/m0/s1. The molecule has 1 aliphatic rings. The summed E-state index contributed by atoms with van der Waals surface area (Å²) in [4.78, 5) is 37.4. The molecule has 23 heavy (non-hydrogen) atoms. The van der Waals surface area contributed by atoms with Crippen LogP contribution in [0.2, 0.25) is 0 Å². The Labute approximate surface area is 132 Å². The van der Waals surface area contributed by atoms with Crippen LogP contribution in [0.1, 0.15) is 20.3 Å². The quantitative estimate of drug-likeness (QED) is 0.756. The summed E-state index contributed by atoms with van der Waals surface area (Å²) in [7, 11) is 1.47. The Balaban J connectivity index is 2.63. The highest BCUT2D eigenvalue weighted by Gasteiger charge is 2.42. The van der Waals surface area contributed by atoms with Crippen molar-refractivity contribution in [3.63, 3.8) is 0 Å². The molecule has 0 unspecified atom stereocenters. The lowest BCUT2D eigenvalue weighted by atomic mass is 10.1. The number of urea groups is 1. The van der Waals surface area contributed by atoms with Gasteiger partial charge in [-0.05, 0) is 27.3 Å². The number of alkyl halides is 3. The van der Waals surface area contributed by atoms with Crippen molar-refractivity contribution in [1.29, 1.82) is 0 Å². The van der Waals surface area contributed by atoms with Crippen molar-refractivity contribution in [3.8, 4) is 0 Å². The number of halogens is 3. The third-order valence-corrected chi connectivity index (χ3v) is 3.70. The number of hydrogen-bond donors (Lipinski definition) is 2. The van der Waals surface area contributed by atoms with E-state index >= 15 is 0 Å². The zero-order valence-electron chi connectivity index (χ0n) is 13.2. The molecule has 2 atom stereocenters. The number of nitrogens with zero attached hydrogens (tertiary/aromatic N) is 2. The fourth-order valence-corrected chi connectivity index (χ4v) is 2.35. The summed E-state index contributed by atoms with van der Waals surface area (Å²) in [6.07, 6.45) is -4.26. The lowest BCUT2D eigenvalue weighted by Gasteiger charge is -2.28. The maximum Gasteiger partial charge on any atom is 0.406 e. The van der Waals surface area contributed by atoms with E-state index < -0.39 is 42.7 Å². The molecule has 0 aromatic rings. The molecule has 0 bridgehead atoms. The number of amides is 4. The van der Waals surface area contributed by atoms with Crippen LogP contribution in [0.25, 0.3) is 0 Å². The highest BCUT2D eigenvalue weighted by Crippen LogP contribution is 2.23. The predicted molar refractivity (Wildman–Crippen MR) is 75.5 cm³/mol. The van der Waals surface area contributed by atoms with Crippen LogP contribution in [0, 0.1) is 0 Å². The maximum atomic E-state index is 12.4. The largest absolute Gasteiger partial charge is 0.406 e. The summed E-state index contributed by atoms with van der Waals surface area (Å²) in [5, 5.41) is 4.51. The fourth-order valence-electron chi connectivity index (χ4n) is 2.35. The first-order valence-corrected chi connectivity index (χ1v) is 7.23. The molecule has 2 N–H and O–H groups in total. The lowest BCUT2D eigenvalue weighted by molar-refractivity contribution is -0.159. The molecule has 1 aliphatic heterocycles. The van der Waals surface area contributed by atoms with Crippen LogP contribution in [-0.4, -0.2) is 72.6 Å². The van der Waals surface area contributed by atoms with Crippen LogP contribution >= 0.6 is 0 Å². The molecule has 1 saturated heterocycles. The fraction of sp³-hybridized carbons (Fsp3) is 0.769. The lowest BCUT2D eigenvalue weighted by Crippen LogP contribution is -2.53. The third-order valence-electron chi connectivity index (χ3n) is 3.70. The van der Waals surface area contributed by atoms with E-state index in [1.165, 1.54) is 18.9 Å². The van der Waals surface area contributed by atoms with E-state index in [4.69, 9.17) is 0 Å². The zero-order valence-corrected chi connectivity index (χ0v) is 13.2. The number of hydrogen-bond acceptors (Lipinski definition) is 4. The van der Waals surface area contributed by atoms with Crippen molar-refractivity contribution in [1.82, 2.24) is 20.4 Å². The summed E-state index contributed by atoms with van der Waals surface area (Å²) in [5.74, 6) is -1.29. The molecular formula is C13H21F3N4O3. The number of carbonyl (C=O) groups excluding carboxylic acids is 3. The molecule has 0 aromatic carbocycles. The minimum Gasteiger partial charge on any atom is -0.338 e. The summed E-state index contributed by atoms with van der Waals surface area (Å²) in [5.41, 5.74) is 0. The SMILES string of the molecule is CCNC(=O)NC(=O)[C@H](C)N(C)[C@@H]1CCN(CC(F)(F)F)C1=O. The van der Waals surface area contributed by atoms with Crippen LogP contribution in [0.4, 0.5) is 18.0 Å². The van der Waals surface area contributed by atoms with Crippen LogP contribution < -0.4 is 10.6 Å². The molecule has 132 valence electrons. The molecule has 0 aromatic heterocycles. The Hall–Kier alpha value is -1.84.